The molecule has 4 nitrogen and oxygen atoms in total. The maximum Gasteiger partial charge on any atom is 0.211 e. The van der Waals surface area contributed by atoms with Gasteiger partial charge >= 0.3 is 0 Å². The normalized spacial score (nSPS) is 11.6. The van der Waals surface area contributed by atoms with Gasteiger partial charge in [-0.15, -0.1) is 6.58 Å². The average molecular weight is 326 g/mol. The van der Waals surface area contributed by atoms with E-state index in [4.69, 9.17) is 4.74 Å². The molecule has 0 bridgehead atoms. The fourth-order valence-corrected chi connectivity index (χ4v) is 2.18. The van der Waals surface area contributed by atoms with Crippen molar-refractivity contribution in [3.05, 3.63) is 63.7 Å². The van der Waals surface area contributed by atoms with Crippen molar-refractivity contribution < 1.29 is 9.66 Å². The Bertz CT molecular complexity index is 474. The van der Waals surface area contributed by atoms with Gasteiger partial charge in [-0.2, -0.15) is 0 Å². The monoisotopic (exact) mass is 325 g/mol. The van der Waals surface area contributed by atoms with Gasteiger partial charge in [0.15, 0.2) is 0 Å². The SMILES string of the molecule is C=CCOc1ccc(Br)cc1C(CC=C)C[N+](=O)[O-]. The highest BCUT2D eigenvalue weighted by molar-refractivity contribution is 9.10. The predicted octanol–water partition coefficient (Wildman–Crippen LogP) is 3.95. The maximum absolute atomic E-state index is 10.8. The van der Waals surface area contributed by atoms with Crippen LogP contribution in [0.4, 0.5) is 0 Å². The van der Waals surface area contributed by atoms with Gasteiger partial charge in [0.1, 0.15) is 12.4 Å². The molecule has 1 aromatic rings. The molecule has 0 fully saturated rings. The first-order valence-electron chi connectivity index (χ1n) is 5.84. The topological polar surface area (TPSA) is 52.4 Å². The molecule has 19 heavy (non-hydrogen) atoms. The number of benzene rings is 1. The van der Waals surface area contributed by atoms with Crippen LogP contribution in [0.15, 0.2) is 48.0 Å². The van der Waals surface area contributed by atoms with Crippen LogP contribution in [0.1, 0.15) is 17.9 Å². The van der Waals surface area contributed by atoms with Gasteiger partial charge < -0.3 is 4.74 Å². The first kappa shape index (κ1) is 15.4. The van der Waals surface area contributed by atoms with E-state index in [-0.39, 0.29) is 17.4 Å². The summed E-state index contributed by atoms with van der Waals surface area (Å²) in [6, 6.07) is 5.51. The molecule has 0 spiro atoms. The molecule has 0 saturated carbocycles. The number of hydrogen-bond donors (Lipinski definition) is 0. The van der Waals surface area contributed by atoms with Crippen molar-refractivity contribution in [1.82, 2.24) is 0 Å². The van der Waals surface area contributed by atoms with E-state index in [9.17, 15) is 10.1 Å². The van der Waals surface area contributed by atoms with Gasteiger partial charge in [-0.05, 0) is 24.6 Å². The van der Waals surface area contributed by atoms with Crippen LogP contribution >= 0.6 is 15.9 Å². The zero-order chi connectivity index (χ0) is 14.3. The summed E-state index contributed by atoms with van der Waals surface area (Å²) in [5.41, 5.74) is 0.813. The van der Waals surface area contributed by atoms with Gasteiger partial charge in [-0.1, -0.05) is 34.7 Å². The molecule has 1 atom stereocenters. The van der Waals surface area contributed by atoms with E-state index >= 15 is 0 Å². The van der Waals surface area contributed by atoms with Crippen molar-refractivity contribution in [2.75, 3.05) is 13.2 Å². The van der Waals surface area contributed by atoms with Crippen LogP contribution < -0.4 is 4.74 Å². The summed E-state index contributed by atoms with van der Waals surface area (Å²) in [7, 11) is 0. The lowest BCUT2D eigenvalue weighted by Crippen LogP contribution is -2.13. The third kappa shape index (κ3) is 4.87. The second-order valence-corrected chi connectivity index (χ2v) is 4.93. The van der Waals surface area contributed by atoms with Crippen LogP contribution in [-0.4, -0.2) is 18.1 Å². The van der Waals surface area contributed by atoms with Gasteiger partial charge in [0.25, 0.3) is 0 Å². The summed E-state index contributed by atoms with van der Waals surface area (Å²) in [6.07, 6.45) is 3.86. The minimum absolute atomic E-state index is 0.146. The highest BCUT2D eigenvalue weighted by Crippen LogP contribution is 2.32. The summed E-state index contributed by atoms with van der Waals surface area (Å²) < 4.78 is 6.42. The van der Waals surface area contributed by atoms with E-state index in [0.717, 1.165) is 10.0 Å². The van der Waals surface area contributed by atoms with Gasteiger partial charge in [-0.3, -0.25) is 10.1 Å². The van der Waals surface area contributed by atoms with Gasteiger partial charge in [0.05, 0.1) is 5.92 Å². The van der Waals surface area contributed by atoms with E-state index in [1.807, 2.05) is 12.1 Å². The average Bonchev–Trinajstić information content (AvgIpc) is 2.36. The highest BCUT2D eigenvalue weighted by Gasteiger charge is 2.20. The molecular formula is C14H16BrNO3. The molecule has 0 N–H and O–H groups in total. The summed E-state index contributed by atoms with van der Waals surface area (Å²) in [6.45, 7) is 7.47. The van der Waals surface area contributed by atoms with Crippen molar-refractivity contribution in [3.8, 4) is 5.75 Å². The van der Waals surface area contributed by atoms with E-state index in [1.54, 1.807) is 18.2 Å². The number of ether oxygens (including phenoxy) is 1. The molecule has 5 heteroatoms. The molecule has 0 amide bonds. The molecular weight excluding hydrogens is 310 g/mol. The maximum atomic E-state index is 10.8. The van der Waals surface area contributed by atoms with Crippen molar-refractivity contribution in [3.63, 3.8) is 0 Å². The molecule has 0 aliphatic heterocycles. The third-order valence-electron chi connectivity index (χ3n) is 2.59. The van der Waals surface area contributed by atoms with E-state index in [1.165, 1.54) is 0 Å². The second kappa shape index (κ2) is 7.74. The van der Waals surface area contributed by atoms with E-state index < -0.39 is 0 Å². The summed E-state index contributed by atoms with van der Waals surface area (Å²) >= 11 is 3.38. The Labute approximate surface area is 121 Å². The molecule has 0 saturated heterocycles. The Kier molecular flexibility index (Phi) is 6.29. The Morgan fingerprint density at radius 2 is 2.16 bits per heavy atom. The second-order valence-electron chi connectivity index (χ2n) is 4.02. The van der Waals surface area contributed by atoms with Gasteiger partial charge in [0, 0.05) is 15.0 Å². The highest BCUT2D eigenvalue weighted by atomic mass is 79.9. The lowest BCUT2D eigenvalue weighted by molar-refractivity contribution is -0.483. The Morgan fingerprint density at radius 1 is 1.42 bits per heavy atom. The van der Waals surface area contributed by atoms with Crippen molar-refractivity contribution in [2.24, 2.45) is 0 Å². The van der Waals surface area contributed by atoms with Crippen LogP contribution in [0.5, 0.6) is 5.75 Å². The molecule has 0 heterocycles. The smallest absolute Gasteiger partial charge is 0.211 e. The summed E-state index contributed by atoms with van der Waals surface area (Å²) in [4.78, 5) is 10.5. The molecule has 1 aromatic carbocycles. The Balaban J connectivity index is 3.09. The van der Waals surface area contributed by atoms with Crippen LogP contribution in [0.3, 0.4) is 0 Å². The van der Waals surface area contributed by atoms with Crippen LogP contribution in [0, 0.1) is 10.1 Å². The quantitative estimate of drug-likeness (QED) is 0.413. The minimum atomic E-state index is -0.313. The number of allylic oxidation sites excluding steroid dienone is 1. The third-order valence-corrected chi connectivity index (χ3v) is 3.08. The number of nitrogens with zero attached hydrogens (tertiary/aromatic N) is 1. The lowest BCUT2D eigenvalue weighted by atomic mass is 9.95. The summed E-state index contributed by atoms with van der Waals surface area (Å²) in [5, 5.41) is 10.8. The largest absolute Gasteiger partial charge is 0.489 e. The first-order chi connectivity index (χ1) is 9.08. The van der Waals surface area contributed by atoms with Crippen LogP contribution in [0.25, 0.3) is 0 Å². The van der Waals surface area contributed by atoms with E-state index in [0.29, 0.717) is 18.8 Å². The zero-order valence-electron chi connectivity index (χ0n) is 10.5. The Morgan fingerprint density at radius 3 is 2.74 bits per heavy atom. The summed E-state index contributed by atoms with van der Waals surface area (Å²) in [5.74, 6) is 0.404. The minimum Gasteiger partial charge on any atom is -0.489 e. The zero-order valence-corrected chi connectivity index (χ0v) is 12.1. The van der Waals surface area contributed by atoms with Crippen LogP contribution in [0.2, 0.25) is 0 Å². The molecule has 1 rings (SSSR count). The van der Waals surface area contributed by atoms with E-state index in [2.05, 4.69) is 29.1 Å². The molecule has 0 aliphatic rings. The molecule has 0 radical (unpaired) electrons. The van der Waals surface area contributed by atoms with Crippen molar-refractivity contribution >= 4 is 15.9 Å². The number of halogens is 1. The van der Waals surface area contributed by atoms with Crippen LogP contribution in [-0.2, 0) is 0 Å². The Hall–Kier alpha value is -1.62. The predicted molar refractivity (Wildman–Crippen MR) is 79.3 cm³/mol. The number of rotatable bonds is 8. The van der Waals surface area contributed by atoms with Gasteiger partial charge in [-0.25, -0.2) is 0 Å². The first-order valence-corrected chi connectivity index (χ1v) is 6.63. The van der Waals surface area contributed by atoms with Crippen molar-refractivity contribution in [2.45, 2.75) is 12.3 Å². The molecule has 0 aliphatic carbocycles. The number of nitro groups is 1. The van der Waals surface area contributed by atoms with Gasteiger partial charge in [0.2, 0.25) is 6.54 Å². The fourth-order valence-electron chi connectivity index (χ4n) is 1.80. The van der Waals surface area contributed by atoms with Crippen molar-refractivity contribution in [1.29, 1.82) is 0 Å². The lowest BCUT2D eigenvalue weighted by Gasteiger charge is -2.16. The number of hydrogen-bond acceptors (Lipinski definition) is 3. The molecule has 1 unspecified atom stereocenters. The fraction of sp³-hybridized carbons (Fsp3) is 0.286. The molecule has 0 aromatic heterocycles. The molecule has 102 valence electrons. The standard InChI is InChI=1S/C14H16BrNO3/c1-3-5-11(10-16(17)18)13-9-12(15)6-7-14(13)19-8-4-2/h3-4,6-7,9,11H,1-2,5,8,10H2.